The molecule has 0 aliphatic carbocycles. The Morgan fingerprint density at radius 2 is 0.913 bits per heavy atom. The Hall–Kier alpha value is -0.180. The predicted octanol–water partition coefficient (Wildman–Crippen LogP) is 5.76. The van der Waals surface area contributed by atoms with Gasteiger partial charge in [0.2, 0.25) is 5.52 Å². The van der Waals surface area contributed by atoms with E-state index >= 15 is 0 Å². The molecule has 0 aliphatic heterocycles. The second-order valence-electron chi connectivity index (χ2n) is 8.11. The summed E-state index contributed by atoms with van der Waals surface area (Å²) < 4.78 is 25.2. The van der Waals surface area contributed by atoms with Gasteiger partial charge in [-0.15, -0.1) is 0 Å². The average molecular weight is 348 g/mol. The summed E-state index contributed by atoms with van der Waals surface area (Å²) in [5.74, 6) is 0.236. The van der Waals surface area contributed by atoms with Crippen molar-refractivity contribution < 1.29 is 18.4 Å². The first kappa shape index (κ1) is 22.8. The lowest BCUT2D eigenvalue weighted by Crippen LogP contribution is -2.31. The Morgan fingerprint density at radius 1 is 0.652 bits per heavy atom. The van der Waals surface area contributed by atoms with Crippen LogP contribution >= 0.6 is 7.60 Å². The van der Waals surface area contributed by atoms with Crippen LogP contribution in [0.2, 0.25) is 0 Å². The first-order valence-electron chi connectivity index (χ1n) is 8.84. The number of hydrogen-bond donors (Lipinski definition) is 0. The molecule has 0 unspecified atom stereocenters. The normalized spacial score (nSPS) is 13.6. The predicted molar refractivity (Wildman–Crippen MR) is 96.5 cm³/mol. The van der Waals surface area contributed by atoms with Crippen LogP contribution in [0.1, 0.15) is 69.2 Å². The van der Waals surface area contributed by atoms with Gasteiger partial charge in [0.25, 0.3) is 0 Å². The Kier molecular flexibility index (Phi) is 9.27. The summed E-state index contributed by atoms with van der Waals surface area (Å²) >= 11 is 0. The second-order valence-corrected chi connectivity index (χ2v) is 9.96. The highest BCUT2D eigenvalue weighted by Crippen LogP contribution is 2.55. The van der Waals surface area contributed by atoms with Crippen LogP contribution in [0.3, 0.4) is 0 Å². The molecule has 0 amide bonds. The summed E-state index contributed by atoms with van der Waals surface area (Å²) in [5.41, 5.74) is -0.421. The van der Waals surface area contributed by atoms with Crippen molar-refractivity contribution in [1.29, 1.82) is 0 Å². The molecule has 0 aromatic rings. The fraction of sp³-hybridized carbons (Fsp3) is 0.944. The van der Waals surface area contributed by atoms with E-state index in [1.807, 2.05) is 55.4 Å². The van der Waals surface area contributed by atoms with Crippen molar-refractivity contribution in [3.05, 3.63) is 0 Å². The summed E-state index contributed by atoms with van der Waals surface area (Å²) in [6.45, 7) is 19.6. The van der Waals surface area contributed by atoms with Gasteiger partial charge in [-0.1, -0.05) is 69.2 Å². The van der Waals surface area contributed by atoms with E-state index in [0.29, 0.717) is 0 Å². The van der Waals surface area contributed by atoms with Crippen LogP contribution in [0.5, 0.6) is 0 Å². The monoisotopic (exact) mass is 348 g/mol. The second kappa shape index (κ2) is 9.34. The molecule has 138 valence electrons. The molecule has 0 aromatic carbocycles. The quantitative estimate of drug-likeness (QED) is 0.471. The maximum atomic E-state index is 13.4. The molecule has 5 heteroatoms. The summed E-state index contributed by atoms with van der Waals surface area (Å²) in [6, 6.07) is 0. The molecule has 0 rings (SSSR count). The van der Waals surface area contributed by atoms with Crippen molar-refractivity contribution in [3.63, 3.8) is 0 Å². The van der Waals surface area contributed by atoms with Gasteiger partial charge in [-0.3, -0.25) is 18.4 Å². The lowest BCUT2D eigenvalue weighted by Gasteiger charge is -2.34. The van der Waals surface area contributed by atoms with E-state index in [-0.39, 0.29) is 41.8 Å². The van der Waals surface area contributed by atoms with Crippen molar-refractivity contribution in [2.75, 3.05) is 0 Å². The van der Waals surface area contributed by atoms with Crippen molar-refractivity contribution >= 4 is 13.1 Å². The first-order valence-corrected chi connectivity index (χ1v) is 10.4. The lowest BCUT2D eigenvalue weighted by molar-refractivity contribution is -0.118. The largest absolute Gasteiger partial charge is 0.397 e. The van der Waals surface area contributed by atoms with Gasteiger partial charge in [-0.2, -0.15) is 0 Å². The minimum Gasteiger partial charge on any atom is -0.299 e. The standard InChI is InChI=1S/C18H37O4P/c1-11(2)16(12(3)4)21-23(20,18(19)15(9)10)22-17(13(5)6)14(7)8/h11-17H,1-10H3. The van der Waals surface area contributed by atoms with Crippen molar-refractivity contribution in [2.45, 2.75) is 81.4 Å². The Labute approximate surface area is 143 Å². The van der Waals surface area contributed by atoms with E-state index in [0.717, 1.165) is 0 Å². The van der Waals surface area contributed by atoms with Gasteiger partial charge in [-0.25, -0.2) is 0 Å². The molecule has 0 bridgehead atoms. The van der Waals surface area contributed by atoms with E-state index < -0.39 is 13.1 Å². The van der Waals surface area contributed by atoms with Gasteiger partial charge in [0.15, 0.2) is 0 Å². The highest BCUT2D eigenvalue weighted by atomic mass is 31.2. The van der Waals surface area contributed by atoms with Crippen molar-refractivity contribution in [3.8, 4) is 0 Å². The van der Waals surface area contributed by atoms with Crippen LogP contribution in [0.4, 0.5) is 0 Å². The maximum absolute atomic E-state index is 13.4. The summed E-state index contributed by atoms with van der Waals surface area (Å²) in [4.78, 5) is 12.6. The zero-order valence-electron chi connectivity index (χ0n) is 16.6. The van der Waals surface area contributed by atoms with E-state index in [4.69, 9.17) is 9.05 Å². The van der Waals surface area contributed by atoms with Gasteiger partial charge in [0, 0.05) is 5.92 Å². The number of rotatable bonds is 10. The molecule has 0 atom stereocenters. The Balaban J connectivity index is 5.66. The fourth-order valence-corrected chi connectivity index (χ4v) is 5.30. The van der Waals surface area contributed by atoms with Crippen LogP contribution in [0, 0.1) is 29.6 Å². The Bertz CT molecular complexity index is 371. The maximum Gasteiger partial charge on any atom is 0.397 e. The summed E-state index contributed by atoms with van der Waals surface area (Å²) in [5, 5.41) is 0. The van der Waals surface area contributed by atoms with Crippen LogP contribution in [-0.4, -0.2) is 17.7 Å². The van der Waals surface area contributed by atoms with Gasteiger partial charge in [0.1, 0.15) is 0 Å². The number of hydrogen-bond acceptors (Lipinski definition) is 4. The van der Waals surface area contributed by atoms with Gasteiger partial charge >= 0.3 is 7.60 Å². The number of carbonyl (C=O) groups is 1. The average Bonchev–Trinajstić information content (AvgIpc) is 2.39. The Morgan fingerprint density at radius 3 is 1.09 bits per heavy atom. The molecule has 0 heterocycles. The smallest absolute Gasteiger partial charge is 0.299 e. The van der Waals surface area contributed by atoms with Crippen molar-refractivity contribution in [1.82, 2.24) is 0 Å². The van der Waals surface area contributed by atoms with E-state index in [2.05, 4.69) is 0 Å². The molecule has 0 aromatic heterocycles. The van der Waals surface area contributed by atoms with Crippen LogP contribution < -0.4 is 0 Å². The molecule has 23 heavy (non-hydrogen) atoms. The number of carbonyl (C=O) groups excluding carboxylic acids is 1. The minimum absolute atomic E-state index is 0.156. The molecular formula is C18H37O4P. The van der Waals surface area contributed by atoms with E-state index in [9.17, 15) is 9.36 Å². The van der Waals surface area contributed by atoms with Crippen LogP contribution in [0.15, 0.2) is 0 Å². The molecule has 0 fully saturated rings. The lowest BCUT2D eigenvalue weighted by atomic mass is 9.97. The topological polar surface area (TPSA) is 52.6 Å². The van der Waals surface area contributed by atoms with Gasteiger partial charge in [0.05, 0.1) is 12.2 Å². The molecule has 4 nitrogen and oxygen atoms in total. The van der Waals surface area contributed by atoms with E-state index in [1.165, 1.54) is 0 Å². The molecular weight excluding hydrogens is 311 g/mol. The molecule has 0 saturated heterocycles. The van der Waals surface area contributed by atoms with Crippen LogP contribution in [0.25, 0.3) is 0 Å². The van der Waals surface area contributed by atoms with Gasteiger partial charge < -0.3 is 0 Å². The molecule has 0 aliphatic rings. The van der Waals surface area contributed by atoms with Crippen molar-refractivity contribution in [2.24, 2.45) is 29.6 Å². The highest BCUT2D eigenvalue weighted by Gasteiger charge is 2.43. The minimum atomic E-state index is -3.83. The fourth-order valence-electron chi connectivity index (χ4n) is 2.79. The highest BCUT2D eigenvalue weighted by molar-refractivity contribution is 7.71. The molecule has 0 N–H and O–H groups in total. The summed E-state index contributed by atoms with van der Waals surface area (Å²) in [7, 11) is -3.83. The van der Waals surface area contributed by atoms with E-state index in [1.54, 1.807) is 13.8 Å². The summed E-state index contributed by atoms with van der Waals surface area (Å²) in [6.07, 6.45) is -0.549. The van der Waals surface area contributed by atoms with Crippen LogP contribution in [-0.2, 0) is 18.4 Å². The third-order valence-electron chi connectivity index (χ3n) is 3.91. The molecule has 0 radical (unpaired) electrons. The first-order chi connectivity index (χ1) is 10.3. The molecule has 0 saturated carbocycles. The zero-order valence-corrected chi connectivity index (χ0v) is 17.5. The SMILES string of the molecule is CC(C)C(=O)P(=O)(OC(C(C)C)C(C)C)OC(C(C)C)C(C)C. The zero-order chi connectivity index (χ0) is 18.5. The van der Waals surface area contributed by atoms with Gasteiger partial charge in [-0.05, 0) is 23.7 Å². The molecule has 0 spiro atoms. The third-order valence-corrected chi connectivity index (χ3v) is 6.01. The third kappa shape index (κ3) is 6.68.